The van der Waals surface area contributed by atoms with Gasteiger partial charge in [0.2, 0.25) is 0 Å². The lowest BCUT2D eigenvalue weighted by Gasteiger charge is -2.09. The van der Waals surface area contributed by atoms with Crippen LogP contribution in [0, 0.1) is 0 Å². The Hall–Kier alpha value is -1.04. The van der Waals surface area contributed by atoms with Gasteiger partial charge in [-0.05, 0) is 18.9 Å². The van der Waals surface area contributed by atoms with Crippen molar-refractivity contribution in [3.8, 4) is 0 Å². The highest BCUT2D eigenvalue weighted by atomic mass is 16.5. The van der Waals surface area contributed by atoms with E-state index in [0.29, 0.717) is 6.61 Å². The molecule has 0 aliphatic carbocycles. The lowest BCUT2D eigenvalue weighted by atomic mass is 10.2. The van der Waals surface area contributed by atoms with Crippen LogP contribution in [0.3, 0.4) is 0 Å². The molecule has 17 heavy (non-hydrogen) atoms. The first-order valence-corrected chi connectivity index (χ1v) is 6.03. The van der Waals surface area contributed by atoms with Gasteiger partial charge in [0.1, 0.15) is 6.10 Å². The van der Waals surface area contributed by atoms with E-state index in [-0.39, 0.29) is 6.10 Å². The summed E-state index contributed by atoms with van der Waals surface area (Å²) in [6.07, 6.45) is 4.02. The number of hydrogen-bond donors (Lipinski definition) is 1. The zero-order valence-electron chi connectivity index (χ0n) is 10.2. The molecule has 1 saturated heterocycles. The summed E-state index contributed by atoms with van der Waals surface area (Å²) in [7, 11) is 1.70. The predicted molar refractivity (Wildman–Crippen MR) is 63.5 cm³/mol. The fourth-order valence-electron chi connectivity index (χ4n) is 1.84. The highest BCUT2D eigenvalue weighted by Crippen LogP contribution is 2.25. The van der Waals surface area contributed by atoms with Crippen LogP contribution in [0.25, 0.3) is 0 Å². The molecule has 94 valence electrons. The third kappa shape index (κ3) is 3.73. The van der Waals surface area contributed by atoms with E-state index in [1.807, 2.05) is 6.07 Å². The molecule has 0 radical (unpaired) electrons. The topological polar surface area (TPSA) is 56.3 Å². The minimum absolute atomic E-state index is 0.0916. The number of ether oxygens (including phenoxy) is 2. The van der Waals surface area contributed by atoms with Gasteiger partial charge in [-0.3, -0.25) is 0 Å². The molecular formula is C12H19N3O2. The number of rotatable bonds is 6. The van der Waals surface area contributed by atoms with Gasteiger partial charge in [0.25, 0.3) is 0 Å². The van der Waals surface area contributed by atoms with Crippen molar-refractivity contribution in [2.75, 3.05) is 26.9 Å². The van der Waals surface area contributed by atoms with E-state index in [1.54, 1.807) is 13.3 Å². The van der Waals surface area contributed by atoms with Crippen LogP contribution in [-0.4, -0.2) is 36.8 Å². The summed E-state index contributed by atoms with van der Waals surface area (Å²) < 4.78 is 10.5. The maximum absolute atomic E-state index is 5.57. The summed E-state index contributed by atoms with van der Waals surface area (Å²) in [4.78, 5) is 8.79. The third-order valence-corrected chi connectivity index (χ3v) is 2.74. The standard InChI is InChI=1S/C12H19N3O2/c1-16-8-6-13-9-10-4-5-14-12(15-10)11-3-2-7-17-11/h4-5,11,13H,2-3,6-9H2,1H3. The summed E-state index contributed by atoms with van der Waals surface area (Å²) in [5, 5.41) is 3.26. The zero-order valence-corrected chi connectivity index (χ0v) is 10.2. The Bertz CT molecular complexity index is 340. The summed E-state index contributed by atoms with van der Waals surface area (Å²) in [5.74, 6) is 0.813. The van der Waals surface area contributed by atoms with Crippen LogP contribution in [0.1, 0.15) is 30.5 Å². The van der Waals surface area contributed by atoms with Gasteiger partial charge in [0, 0.05) is 33.0 Å². The van der Waals surface area contributed by atoms with Crippen molar-refractivity contribution in [2.24, 2.45) is 0 Å². The molecule has 2 rings (SSSR count). The van der Waals surface area contributed by atoms with Gasteiger partial charge in [0.15, 0.2) is 5.82 Å². The van der Waals surface area contributed by atoms with Crippen LogP contribution >= 0.6 is 0 Å². The molecule has 1 atom stereocenters. The first kappa shape index (κ1) is 12.4. The molecule has 1 aromatic heterocycles. The number of hydrogen-bond acceptors (Lipinski definition) is 5. The van der Waals surface area contributed by atoms with Gasteiger partial charge in [0.05, 0.1) is 12.3 Å². The van der Waals surface area contributed by atoms with Crippen LogP contribution in [0.4, 0.5) is 0 Å². The quantitative estimate of drug-likeness (QED) is 0.750. The first-order chi connectivity index (χ1) is 8.40. The number of aromatic nitrogens is 2. The number of nitrogens with zero attached hydrogens (tertiary/aromatic N) is 2. The van der Waals surface area contributed by atoms with Crippen LogP contribution in [0.15, 0.2) is 12.3 Å². The SMILES string of the molecule is COCCNCc1ccnc(C2CCCO2)n1. The highest BCUT2D eigenvalue weighted by Gasteiger charge is 2.20. The van der Waals surface area contributed by atoms with Gasteiger partial charge in [-0.1, -0.05) is 0 Å². The van der Waals surface area contributed by atoms with Crippen molar-refractivity contribution in [1.29, 1.82) is 0 Å². The molecule has 0 spiro atoms. The molecule has 1 aromatic rings. The molecule has 1 fully saturated rings. The van der Waals surface area contributed by atoms with E-state index in [2.05, 4.69) is 15.3 Å². The maximum Gasteiger partial charge on any atom is 0.157 e. The lowest BCUT2D eigenvalue weighted by Crippen LogP contribution is -2.19. The van der Waals surface area contributed by atoms with Crippen molar-refractivity contribution in [1.82, 2.24) is 15.3 Å². The van der Waals surface area contributed by atoms with Gasteiger partial charge in [-0.15, -0.1) is 0 Å². The summed E-state index contributed by atoms with van der Waals surface area (Å²) in [6.45, 7) is 3.11. The first-order valence-electron chi connectivity index (χ1n) is 6.03. The second-order valence-corrected chi connectivity index (χ2v) is 4.08. The predicted octanol–water partition coefficient (Wildman–Crippen LogP) is 1.06. The summed E-state index contributed by atoms with van der Waals surface area (Å²) >= 11 is 0. The second-order valence-electron chi connectivity index (χ2n) is 4.08. The van der Waals surface area contributed by atoms with Crippen molar-refractivity contribution in [3.05, 3.63) is 23.8 Å². The van der Waals surface area contributed by atoms with Gasteiger partial charge < -0.3 is 14.8 Å². The average molecular weight is 237 g/mol. The number of methoxy groups -OCH3 is 1. The van der Waals surface area contributed by atoms with Crippen molar-refractivity contribution in [3.63, 3.8) is 0 Å². The number of nitrogens with one attached hydrogen (secondary N) is 1. The normalized spacial score (nSPS) is 19.7. The fraction of sp³-hybridized carbons (Fsp3) is 0.667. The van der Waals surface area contributed by atoms with E-state index in [1.165, 1.54) is 0 Å². The maximum atomic E-state index is 5.57. The van der Waals surface area contributed by atoms with Crippen LogP contribution in [-0.2, 0) is 16.0 Å². The summed E-state index contributed by atoms with van der Waals surface area (Å²) in [5.41, 5.74) is 1.00. The fourth-order valence-corrected chi connectivity index (χ4v) is 1.84. The minimum Gasteiger partial charge on any atom is -0.383 e. The Morgan fingerprint density at radius 2 is 2.53 bits per heavy atom. The highest BCUT2D eigenvalue weighted by molar-refractivity contribution is 5.04. The molecule has 0 aromatic carbocycles. The van der Waals surface area contributed by atoms with E-state index in [4.69, 9.17) is 9.47 Å². The molecular weight excluding hydrogens is 218 g/mol. The molecule has 1 aliphatic heterocycles. The second kappa shape index (κ2) is 6.64. The Morgan fingerprint density at radius 3 is 3.29 bits per heavy atom. The van der Waals surface area contributed by atoms with E-state index < -0.39 is 0 Å². The molecule has 0 saturated carbocycles. The molecule has 0 amide bonds. The van der Waals surface area contributed by atoms with E-state index >= 15 is 0 Å². The molecule has 5 heteroatoms. The largest absolute Gasteiger partial charge is 0.383 e. The molecule has 2 heterocycles. The average Bonchev–Trinajstić information content (AvgIpc) is 2.89. The Kier molecular flexibility index (Phi) is 4.85. The molecule has 1 aliphatic rings. The molecule has 0 bridgehead atoms. The summed E-state index contributed by atoms with van der Waals surface area (Å²) in [6, 6.07) is 1.93. The molecule has 5 nitrogen and oxygen atoms in total. The van der Waals surface area contributed by atoms with Crippen LogP contribution in [0.5, 0.6) is 0 Å². The van der Waals surface area contributed by atoms with Crippen molar-refractivity contribution >= 4 is 0 Å². The molecule has 1 N–H and O–H groups in total. The van der Waals surface area contributed by atoms with Gasteiger partial charge in [-0.25, -0.2) is 9.97 Å². The van der Waals surface area contributed by atoms with E-state index in [0.717, 1.165) is 44.1 Å². The van der Waals surface area contributed by atoms with Crippen LogP contribution < -0.4 is 5.32 Å². The Labute approximate surface area is 102 Å². The van der Waals surface area contributed by atoms with E-state index in [9.17, 15) is 0 Å². The third-order valence-electron chi connectivity index (χ3n) is 2.74. The zero-order chi connectivity index (χ0) is 11.9. The lowest BCUT2D eigenvalue weighted by molar-refractivity contribution is 0.105. The van der Waals surface area contributed by atoms with Gasteiger partial charge in [-0.2, -0.15) is 0 Å². The Balaban J connectivity index is 1.87. The van der Waals surface area contributed by atoms with Crippen molar-refractivity contribution < 1.29 is 9.47 Å². The monoisotopic (exact) mass is 237 g/mol. The Morgan fingerprint density at radius 1 is 1.59 bits per heavy atom. The molecule has 1 unspecified atom stereocenters. The van der Waals surface area contributed by atoms with Crippen molar-refractivity contribution in [2.45, 2.75) is 25.5 Å². The minimum atomic E-state index is 0.0916. The van der Waals surface area contributed by atoms with Gasteiger partial charge >= 0.3 is 0 Å². The smallest absolute Gasteiger partial charge is 0.157 e. The van der Waals surface area contributed by atoms with Crippen LogP contribution in [0.2, 0.25) is 0 Å².